The minimum Gasteiger partial charge on any atom is -0.322 e. The fraction of sp³-hybridized carbons (Fsp3) is 0.111. The van der Waals surface area contributed by atoms with Crippen molar-refractivity contribution in [3.8, 4) is 6.07 Å². The number of nitriles is 1. The molecule has 0 saturated carbocycles. The third kappa shape index (κ3) is 4.25. The van der Waals surface area contributed by atoms with Crippen LogP contribution in [0.5, 0.6) is 0 Å². The molecule has 0 spiro atoms. The molecule has 3 aromatic rings. The third-order valence-electron chi connectivity index (χ3n) is 3.60. The monoisotopic (exact) mass is 349 g/mol. The van der Waals surface area contributed by atoms with E-state index in [1.807, 2.05) is 25.1 Å². The largest absolute Gasteiger partial charge is 0.322 e. The number of nitrogens with zero attached hydrogens (tertiary/aromatic N) is 3. The first-order valence-corrected chi connectivity index (χ1v) is 8.53. The second-order valence-electron chi connectivity index (χ2n) is 5.37. The van der Waals surface area contributed by atoms with E-state index in [2.05, 4.69) is 26.6 Å². The molecule has 25 heavy (non-hydrogen) atoms. The number of hydrogen-bond donors (Lipinski definition) is 2. The summed E-state index contributed by atoms with van der Waals surface area (Å²) in [5.41, 5.74) is 3.72. The number of rotatable bonds is 5. The molecule has 3 rings (SSSR count). The molecule has 1 amide bonds. The quantitative estimate of drug-likeness (QED) is 0.687. The number of anilines is 1. The molecule has 1 aromatic heterocycles. The molecule has 2 aromatic carbocycles. The molecule has 2 N–H and O–H groups in total. The second kappa shape index (κ2) is 7.64. The van der Waals surface area contributed by atoms with Gasteiger partial charge < -0.3 is 5.32 Å². The molecule has 0 aliphatic carbocycles. The predicted molar refractivity (Wildman–Crippen MR) is 96.2 cm³/mol. The van der Waals surface area contributed by atoms with E-state index >= 15 is 0 Å². The molecule has 0 aliphatic rings. The minimum atomic E-state index is -0.201. The first-order valence-electron chi connectivity index (χ1n) is 7.55. The first-order chi connectivity index (χ1) is 12.2. The van der Waals surface area contributed by atoms with E-state index in [1.165, 1.54) is 6.33 Å². The summed E-state index contributed by atoms with van der Waals surface area (Å²) in [6.07, 6.45) is 1.47. The highest BCUT2D eigenvalue weighted by atomic mass is 32.2. The number of aryl methyl sites for hydroxylation is 1. The second-order valence-corrected chi connectivity index (χ2v) is 6.34. The molecule has 0 saturated heterocycles. The molecular formula is C18H15N5OS. The van der Waals surface area contributed by atoms with Gasteiger partial charge in [-0.3, -0.25) is 9.89 Å². The van der Waals surface area contributed by atoms with Gasteiger partial charge in [-0.2, -0.15) is 10.4 Å². The van der Waals surface area contributed by atoms with Crippen molar-refractivity contribution in [2.75, 3.05) is 5.32 Å². The fourth-order valence-corrected chi connectivity index (χ4v) is 2.92. The van der Waals surface area contributed by atoms with Crippen LogP contribution < -0.4 is 5.32 Å². The van der Waals surface area contributed by atoms with Gasteiger partial charge >= 0.3 is 0 Å². The maximum absolute atomic E-state index is 12.4. The fourth-order valence-electron chi connectivity index (χ4n) is 2.19. The van der Waals surface area contributed by atoms with Crippen LogP contribution in [0.25, 0.3) is 0 Å². The highest BCUT2D eigenvalue weighted by Gasteiger charge is 2.09. The molecule has 0 fully saturated rings. The zero-order valence-corrected chi connectivity index (χ0v) is 14.3. The lowest BCUT2D eigenvalue weighted by atomic mass is 10.1. The van der Waals surface area contributed by atoms with Gasteiger partial charge in [-0.1, -0.05) is 30.0 Å². The van der Waals surface area contributed by atoms with Gasteiger partial charge in [-0.05, 0) is 42.3 Å². The molecular weight excluding hydrogens is 334 g/mol. The van der Waals surface area contributed by atoms with Crippen LogP contribution in [-0.4, -0.2) is 21.1 Å². The molecule has 0 atom stereocenters. The Morgan fingerprint density at radius 2 is 2.08 bits per heavy atom. The minimum absolute atomic E-state index is 0.201. The third-order valence-corrected chi connectivity index (χ3v) is 4.55. The lowest BCUT2D eigenvalue weighted by Crippen LogP contribution is -2.12. The molecule has 0 unspecified atom stereocenters. The summed E-state index contributed by atoms with van der Waals surface area (Å²) >= 11 is 1.54. The van der Waals surface area contributed by atoms with Gasteiger partial charge in [0.15, 0.2) is 5.16 Å². The summed E-state index contributed by atoms with van der Waals surface area (Å²) < 4.78 is 0. The van der Waals surface area contributed by atoms with Crippen LogP contribution in [0.2, 0.25) is 0 Å². The zero-order valence-electron chi connectivity index (χ0n) is 13.5. The molecule has 0 aliphatic heterocycles. The van der Waals surface area contributed by atoms with Gasteiger partial charge in [0.05, 0.1) is 11.6 Å². The Morgan fingerprint density at radius 1 is 1.28 bits per heavy atom. The van der Waals surface area contributed by atoms with Crippen molar-refractivity contribution in [3.63, 3.8) is 0 Å². The van der Waals surface area contributed by atoms with Crippen molar-refractivity contribution in [1.29, 1.82) is 5.26 Å². The summed E-state index contributed by atoms with van der Waals surface area (Å²) in [6.45, 7) is 1.89. The first kappa shape index (κ1) is 16.7. The highest BCUT2D eigenvalue weighted by Crippen LogP contribution is 2.20. The van der Waals surface area contributed by atoms with Gasteiger partial charge in [0.25, 0.3) is 5.91 Å². The topological polar surface area (TPSA) is 94.5 Å². The average molecular weight is 349 g/mol. The van der Waals surface area contributed by atoms with E-state index < -0.39 is 0 Å². The number of carbonyl (C=O) groups excluding carboxylic acids is 1. The van der Waals surface area contributed by atoms with Crippen LogP contribution >= 0.6 is 11.8 Å². The lowest BCUT2D eigenvalue weighted by molar-refractivity contribution is 0.102. The summed E-state index contributed by atoms with van der Waals surface area (Å²) in [5.74, 6) is 0.535. The van der Waals surface area contributed by atoms with E-state index in [-0.39, 0.29) is 5.91 Å². The molecule has 0 radical (unpaired) electrons. The maximum atomic E-state index is 12.4. The molecule has 1 heterocycles. The SMILES string of the molecule is Cc1ccc(C#N)cc1NC(=O)c1ccc(CSc2ncn[nH]2)cc1. The number of carbonyl (C=O) groups is 1. The number of amides is 1. The van der Waals surface area contributed by atoms with Gasteiger partial charge in [0.2, 0.25) is 0 Å². The Labute approximate surface area is 149 Å². The Hall–Kier alpha value is -3.11. The van der Waals surface area contributed by atoms with Crippen molar-refractivity contribution in [3.05, 3.63) is 71.0 Å². The van der Waals surface area contributed by atoms with Crippen LogP contribution in [0.4, 0.5) is 5.69 Å². The summed E-state index contributed by atoms with van der Waals surface area (Å²) in [5, 5.41) is 19.2. The van der Waals surface area contributed by atoms with Crippen molar-refractivity contribution in [2.24, 2.45) is 0 Å². The average Bonchev–Trinajstić information content (AvgIpc) is 3.16. The number of aromatic amines is 1. The van der Waals surface area contributed by atoms with Gasteiger partial charge in [-0.15, -0.1) is 0 Å². The van der Waals surface area contributed by atoms with Crippen LogP contribution in [0, 0.1) is 18.3 Å². The Kier molecular flexibility index (Phi) is 5.11. The summed E-state index contributed by atoms with van der Waals surface area (Å²) in [6, 6.07) is 14.7. The van der Waals surface area contributed by atoms with E-state index in [0.717, 1.165) is 22.0 Å². The number of thioether (sulfide) groups is 1. The van der Waals surface area contributed by atoms with Crippen LogP contribution in [0.15, 0.2) is 53.9 Å². The van der Waals surface area contributed by atoms with Crippen molar-refractivity contribution in [2.45, 2.75) is 17.8 Å². The standard InChI is InChI=1S/C18H15N5OS/c1-12-2-3-14(9-19)8-16(12)22-17(24)15-6-4-13(5-7-15)10-25-18-20-11-21-23-18/h2-8,11H,10H2,1H3,(H,22,24)(H,20,21,23). The molecule has 124 valence electrons. The number of H-pyrrole nitrogens is 1. The van der Waals surface area contributed by atoms with Crippen molar-refractivity contribution in [1.82, 2.24) is 15.2 Å². The van der Waals surface area contributed by atoms with E-state index in [0.29, 0.717) is 16.8 Å². The molecule has 7 heteroatoms. The van der Waals surface area contributed by atoms with Gasteiger partial charge in [0.1, 0.15) is 6.33 Å². The van der Waals surface area contributed by atoms with Gasteiger partial charge in [0, 0.05) is 17.0 Å². The number of benzene rings is 2. The van der Waals surface area contributed by atoms with Crippen molar-refractivity contribution < 1.29 is 4.79 Å². The summed E-state index contributed by atoms with van der Waals surface area (Å²) in [7, 11) is 0. The van der Waals surface area contributed by atoms with Gasteiger partial charge in [-0.25, -0.2) is 4.98 Å². The van der Waals surface area contributed by atoms with E-state index in [1.54, 1.807) is 36.0 Å². The predicted octanol–water partition coefficient (Wildman–Crippen LogP) is 3.53. The molecule has 6 nitrogen and oxygen atoms in total. The number of nitrogens with one attached hydrogen (secondary N) is 2. The normalized spacial score (nSPS) is 10.2. The van der Waals surface area contributed by atoms with E-state index in [4.69, 9.17) is 5.26 Å². The highest BCUT2D eigenvalue weighted by molar-refractivity contribution is 7.98. The van der Waals surface area contributed by atoms with Crippen molar-refractivity contribution >= 4 is 23.4 Å². The van der Waals surface area contributed by atoms with Crippen LogP contribution in [0.3, 0.4) is 0 Å². The number of aromatic nitrogens is 3. The summed E-state index contributed by atoms with van der Waals surface area (Å²) in [4.78, 5) is 16.5. The molecule has 0 bridgehead atoms. The Balaban J connectivity index is 1.65. The van der Waals surface area contributed by atoms with E-state index in [9.17, 15) is 4.79 Å². The van der Waals surface area contributed by atoms with Crippen LogP contribution in [-0.2, 0) is 5.75 Å². The Morgan fingerprint density at radius 3 is 2.76 bits per heavy atom. The number of hydrogen-bond acceptors (Lipinski definition) is 5. The zero-order chi connectivity index (χ0) is 17.6. The Bertz CT molecular complexity index is 914. The van der Waals surface area contributed by atoms with Crippen LogP contribution in [0.1, 0.15) is 27.0 Å². The maximum Gasteiger partial charge on any atom is 0.255 e. The smallest absolute Gasteiger partial charge is 0.255 e. The lowest BCUT2D eigenvalue weighted by Gasteiger charge is -2.09.